The second kappa shape index (κ2) is 18.5. The van der Waals surface area contributed by atoms with Gasteiger partial charge in [0.2, 0.25) is 11.8 Å². The number of fused-ring (bicyclic) bond motifs is 1. The van der Waals surface area contributed by atoms with Gasteiger partial charge in [-0.1, -0.05) is 64.1 Å². The van der Waals surface area contributed by atoms with Gasteiger partial charge < -0.3 is 35.5 Å². The molecule has 0 spiro atoms. The molecule has 0 aromatic heterocycles. The molecule has 2 aliphatic rings. The summed E-state index contributed by atoms with van der Waals surface area (Å²) in [6.07, 6.45) is -0.384. The number of hydrogen-bond acceptors (Lipinski definition) is 7. The number of rotatable bonds is 9. The molecule has 2 saturated heterocycles. The maximum atomic E-state index is 12.8. The highest BCUT2D eigenvalue weighted by Crippen LogP contribution is 2.32. The molecule has 2 aliphatic heterocycles. The number of ether oxygens (including phenoxy) is 3. The minimum atomic E-state index is -0.146. The highest BCUT2D eigenvalue weighted by Gasteiger charge is 2.41. The van der Waals surface area contributed by atoms with Crippen LogP contribution >= 0.6 is 0 Å². The zero-order valence-corrected chi connectivity index (χ0v) is 32.8. The number of hydrogen-bond donors (Lipinski definition) is 4. The van der Waals surface area contributed by atoms with E-state index in [1.807, 2.05) is 75.4 Å². The Morgan fingerprint density at radius 1 is 0.660 bits per heavy atom. The van der Waals surface area contributed by atoms with Gasteiger partial charge in [0.15, 0.2) is 0 Å². The van der Waals surface area contributed by atoms with Gasteiger partial charge in [-0.3, -0.25) is 19.2 Å². The van der Waals surface area contributed by atoms with Crippen molar-refractivity contribution in [1.82, 2.24) is 21.3 Å². The van der Waals surface area contributed by atoms with E-state index in [0.717, 1.165) is 16.3 Å². The molecule has 4 N–H and O–H groups in total. The Morgan fingerprint density at radius 2 is 1.17 bits per heavy atom. The summed E-state index contributed by atoms with van der Waals surface area (Å²) in [5, 5.41) is 14.0. The van der Waals surface area contributed by atoms with Crippen LogP contribution in [0.4, 0.5) is 0 Å². The predicted octanol–water partition coefficient (Wildman–Crippen LogP) is 5.43. The Morgan fingerprint density at radius 3 is 1.70 bits per heavy atom. The number of carbonyl (C=O) groups excluding carboxylic acids is 4. The molecule has 3 aromatic carbocycles. The molecule has 11 heteroatoms. The quantitative estimate of drug-likeness (QED) is 0.230. The topological polar surface area (TPSA) is 144 Å². The number of nitrogens with one attached hydrogen (secondary N) is 4. The fourth-order valence-corrected chi connectivity index (χ4v) is 7.59. The monoisotopic (exact) mass is 730 g/mol. The molecule has 53 heavy (non-hydrogen) atoms. The average molecular weight is 731 g/mol. The lowest BCUT2D eigenvalue weighted by Gasteiger charge is -2.44. The van der Waals surface area contributed by atoms with Gasteiger partial charge >= 0.3 is 0 Å². The lowest BCUT2D eigenvalue weighted by molar-refractivity contribution is -0.132. The molecule has 0 bridgehead atoms. The van der Waals surface area contributed by atoms with Crippen molar-refractivity contribution >= 4 is 34.4 Å². The van der Waals surface area contributed by atoms with Gasteiger partial charge in [0.1, 0.15) is 5.75 Å². The summed E-state index contributed by atoms with van der Waals surface area (Å²) in [5.74, 6) is 1.26. The minimum Gasteiger partial charge on any atom is -0.497 e. The summed E-state index contributed by atoms with van der Waals surface area (Å²) in [7, 11) is 1.59. The first-order valence-electron chi connectivity index (χ1n) is 18.7. The fraction of sp³-hybridized carbons (Fsp3) is 0.524. The Hall–Kier alpha value is -4.48. The van der Waals surface area contributed by atoms with Crippen LogP contribution < -0.4 is 26.0 Å². The molecule has 288 valence electrons. The number of aryl methyl sites for hydroxylation is 1. The van der Waals surface area contributed by atoms with Gasteiger partial charge in [-0.25, -0.2) is 0 Å². The summed E-state index contributed by atoms with van der Waals surface area (Å²) in [6.45, 7) is 18.2. The summed E-state index contributed by atoms with van der Waals surface area (Å²) in [4.78, 5) is 48.1. The molecule has 3 aromatic rings. The van der Waals surface area contributed by atoms with E-state index in [0.29, 0.717) is 30.0 Å². The van der Waals surface area contributed by atoms with E-state index in [1.165, 1.54) is 13.8 Å². The first-order chi connectivity index (χ1) is 25.1. The summed E-state index contributed by atoms with van der Waals surface area (Å²) >= 11 is 0. The predicted molar refractivity (Wildman–Crippen MR) is 207 cm³/mol. The average Bonchev–Trinajstić information content (AvgIpc) is 3.13. The molecule has 10 unspecified atom stereocenters. The first-order valence-corrected chi connectivity index (χ1v) is 18.7. The van der Waals surface area contributed by atoms with Crippen LogP contribution in [-0.2, 0) is 19.1 Å². The third kappa shape index (κ3) is 10.6. The van der Waals surface area contributed by atoms with Crippen LogP contribution in [-0.4, -0.2) is 80.3 Å². The standard InChI is InChI=1S/C22H28N2O3.C20H30N2O4/c1-13-14(2)21(24-16(4)25)15(3)27-20(13)12-23-22(26)19-11-7-9-17-8-5-6-10-18(17)19;1-11-7-16(9-17(8-11)25-6)20(24)21-10-18-12(2)13(3)19(14(4)26-18)22-15(5)23/h5-11,13-15,20-21H,12H2,1-4H3,(H,23,26)(H,24,25);7-9,12-14,18-19H,10H2,1-6H3,(H,21,24)(H,22,23). The summed E-state index contributed by atoms with van der Waals surface area (Å²) < 4.78 is 17.4. The normalized spacial score (nSPS) is 28.1. The van der Waals surface area contributed by atoms with Gasteiger partial charge in [0.05, 0.1) is 43.6 Å². The number of methoxy groups -OCH3 is 1. The minimum absolute atomic E-state index is 0.0116. The van der Waals surface area contributed by atoms with Gasteiger partial charge in [-0.15, -0.1) is 0 Å². The Balaban J connectivity index is 0.000000237. The van der Waals surface area contributed by atoms with E-state index >= 15 is 0 Å². The van der Waals surface area contributed by atoms with E-state index in [4.69, 9.17) is 14.2 Å². The maximum Gasteiger partial charge on any atom is 0.252 e. The van der Waals surface area contributed by atoms with E-state index in [2.05, 4.69) is 49.0 Å². The molecule has 5 rings (SSSR count). The molecular formula is C42H58N4O7. The number of carbonyl (C=O) groups is 4. The van der Waals surface area contributed by atoms with Crippen molar-refractivity contribution in [3.63, 3.8) is 0 Å². The largest absolute Gasteiger partial charge is 0.497 e. The molecule has 11 nitrogen and oxygen atoms in total. The Kier molecular flexibility index (Phi) is 14.4. The summed E-state index contributed by atoms with van der Waals surface area (Å²) in [5.41, 5.74) is 2.22. The van der Waals surface area contributed by atoms with Gasteiger partial charge in [0, 0.05) is 38.1 Å². The van der Waals surface area contributed by atoms with E-state index in [1.54, 1.807) is 13.2 Å². The second-order valence-corrected chi connectivity index (χ2v) is 14.8. The lowest BCUT2D eigenvalue weighted by Crippen LogP contribution is -2.57. The van der Waals surface area contributed by atoms with Crippen molar-refractivity contribution in [3.05, 3.63) is 77.4 Å². The van der Waals surface area contributed by atoms with Gasteiger partial charge in [-0.05, 0) is 85.0 Å². The Labute approximate surface area is 314 Å². The van der Waals surface area contributed by atoms with Crippen molar-refractivity contribution in [2.75, 3.05) is 20.2 Å². The lowest BCUT2D eigenvalue weighted by atomic mass is 9.80. The molecule has 2 heterocycles. The zero-order chi connectivity index (χ0) is 39.0. The van der Waals surface area contributed by atoms with Crippen LogP contribution in [0.5, 0.6) is 5.75 Å². The summed E-state index contributed by atoms with van der Waals surface area (Å²) in [6, 6.07) is 19.0. The first kappa shape index (κ1) is 41.3. The van der Waals surface area contributed by atoms with Crippen molar-refractivity contribution in [1.29, 1.82) is 0 Å². The Bertz CT molecular complexity index is 1740. The second-order valence-electron chi connectivity index (χ2n) is 14.8. The molecular weight excluding hydrogens is 672 g/mol. The highest BCUT2D eigenvalue weighted by molar-refractivity contribution is 6.07. The SMILES string of the molecule is CC(=O)NC1C(C)OC(CNC(=O)c2cccc3ccccc23)C(C)C1C.COc1cc(C)cc(C(=O)NCC2OC(C)C(NC(C)=O)C(C)C2C)c1. The van der Waals surface area contributed by atoms with E-state index in [9.17, 15) is 19.2 Å². The van der Waals surface area contributed by atoms with Crippen molar-refractivity contribution < 1.29 is 33.4 Å². The fourth-order valence-electron chi connectivity index (χ4n) is 7.59. The van der Waals surface area contributed by atoms with Crippen LogP contribution in [0.3, 0.4) is 0 Å². The van der Waals surface area contributed by atoms with E-state index in [-0.39, 0.29) is 83.8 Å². The molecule has 4 amide bonds. The number of amides is 4. The zero-order valence-electron chi connectivity index (χ0n) is 32.8. The van der Waals surface area contributed by atoms with Gasteiger partial charge in [-0.2, -0.15) is 0 Å². The van der Waals surface area contributed by atoms with Crippen LogP contribution in [0.25, 0.3) is 10.8 Å². The third-order valence-corrected chi connectivity index (χ3v) is 11.0. The van der Waals surface area contributed by atoms with Crippen molar-refractivity contribution in [2.45, 2.75) is 98.8 Å². The van der Waals surface area contributed by atoms with Crippen LogP contribution in [0.1, 0.15) is 81.7 Å². The molecule has 0 saturated carbocycles. The van der Waals surface area contributed by atoms with E-state index < -0.39 is 0 Å². The number of benzene rings is 3. The molecule has 10 atom stereocenters. The van der Waals surface area contributed by atoms with Crippen molar-refractivity contribution in [3.8, 4) is 5.75 Å². The smallest absolute Gasteiger partial charge is 0.252 e. The van der Waals surface area contributed by atoms with Gasteiger partial charge in [0.25, 0.3) is 11.8 Å². The molecule has 0 aliphatic carbocycles. The van der Waals surface area contributed by atoms with Crippen LogP contribution in [0.2, 0.25) is 0 Å². The third-order valence-electron chi connectivity index (χ3n) is 11.0. The molecule has 0 radical (unpaired) electrons. The van der Waals surface area contributed by atoms with Crippen LogP contribution in [0, 0.1) is 30.6 Å². The van der Waals surface area contributed by atoms with Crippen LogP contribution in [0.15, 0.2) is 60.7 Å². The maximum absolute atomic E-state index is 12.8. The molecule has 2 fully saturated rings. The highest BCUT2D eigenvalue weighted by atomic mass is 16.5. The van der Waals surface area contributed by atoms with Crippen molar-refractivity contribution in [2.24, 2.45) is 23.7 Å².